The van der Waals surface area contributed by atoms with Crippen molar-refractivity contribution in [2.45, 2.75) is 31.8 Å². The van der Waals surface area contributed by atoms with Gasteiger partial charge in [0.05, 0.1) is 7.11 Å². The summed E-state index contributed by atoms with van der Waals surface area (Å²) < 4.78 is 7.36. The Morgan fingerprint density at radius 1 is 1.39 bits per heavy atom. The number of aromatic nitrogens is 2. The minimum atomic E-state index is -0.744. The van der Waals surface area contributed by atoms with Crippen LogP contribution in [0.3, 0.4) is 0 Å². The van der Waals surface area contributed by atoms with Gasteiger partial charge in [-0.3, -0.25) is 9.69 Å². The second-order valence-electron chi connectivity index (χ2n) is 5.74. The first-order valence-corrected chi connectivity index (χ1v) is 7.83. The Kier molecular flexibility index (Phi) is 4.62. The Balaban J connectivity index is 1.90. The van der Waals surface area contributed by atoms with Gasteiger partial charge >= 0.3 is 5.97 Å². The molecular weight excluding hydrogens is 294 g/mol. The predicted molar refractivity (Wildman–Crippen MR) is 85.8 cm³/mol. The van der Waals surface area contributed by atoms with Gasteiger partial charge in [-0.15, -0.1) is 0 Å². The fourth-order valence-corrected chi connectivity index (χ4v) is 3.20. The lowest BCUT2D eigenvalue weighted by molar-refractivity contribution is -0.144. The second-order valence-corrected chi connectivity index (χ2v) is 5.74. The van der Waals surface area contributed by atoms with Gasteiger partial charge in [0, 0.05) is 24.5 Å². The van der Waals surface area contributed by atoms with Crippen molar-refractivity contribution in [1.29, 1.82) is 0 Å². The van der Waals surface area contributed by atoms with E-state index < -0.39 is 12.0 Å². The van der Waals surface area contributed by atoms with Gasteiger partial charge < -0.3 is 9.84 Å². The van der Waals surface area contributed by atoms with E-state index in [1.807, 2.05) is 35.4 Å². The number of para-hydroxylation sites is 1. The number of ether oxygens (including phenoxy) is 1. The van der Waals surface area contributed by atoms with Crippen LogP contribution in [0.2, 0.25) is 0 Å². The summed E-state index contributed by atoms with van der Waals surface area (Å²) in [7, 11) is 1.64. The monoisotopic (exact) mass is 315 g/mol. The zero-order valence-corrected chi connectivity index (χ0v) is 13.2. The van der Waals surface area contributed by atoms with Crippen molar-refractivity contribution in [3.8, 4) is 11.4 Å². The Bertz CT molecular complexity index is 670. The Hall–Kier alpha value is -2.34. The molecule has 23 heavy (non-hydrogen) atoms. The van der Waals surface area contributed by atoms with Crippen LogP contribution in [0.4, 0.5) is 0 Å². The van der Waals surface area contributed by atoms with E-state index in [0.717, 1.165) is 36.4 Å². The summed E-state index contributed by atoms with van der Waals surface area (Å²) in [6, 6.07) is 7.33. The number of nitrogens with zero attached hydrogens (tertiary/aromatic N) is 3. The molecule has 0 aliphatic carbocycles. The number of carboxylic acids is 1. The normalized spacial score (nSPS) is 18.7. The summed E-state index contributed by atoms with van der Waals surface area (Å²) in [5, 5.41) is 13.7. The van der Waals surface area contributed by atoms with Gasteiger partial charge in [0.25, 0.3) is 0 Å². The first-order chi connectivity index (χ1) is 11.2. The lowest BCUT2D eigenvalue weighted by Crippen LogP contribution is -2.44. The summed E-state index contributed by atoms with van der Waals surface area (Å²) in [5.74, 6) is -0.00203. The summed E-state index contributed by atoms with van der Waals surface area (Å²) in [5.41, 5.74) is 1.84. The average Bonchev–Trinajstić information content (AvgIpc) is 3.09. The molecule has 0 radical (unpaired) electrons. The molecule has 1 saturated heterocycles. The standard InChI is InChI=1S/C17H21N3O3/c1-23-16-13(6-4-8-14(16)20-11-5-9-18-20)12-19-10-3-2-7-15(19)17(21)22/h4-6,8-9,11,15H,2-3,7,10,12H2,1H3,(H,21,22)/t15-/m1/s1. The van der Waals surface area contributed by atoms with E-state index in [1.165, 1.54) is 0 Å². The molecule has 1 aliphatic rings. The second kappa shape index (κ2) is 6.83. The molecule has 2 aromatic rings. The molecule has 6 nitrogen and oxygen atoms in total. The van der Waals surface area contributed by atoms with E-state index in [1.54, 1.807) is 18.0 Å². The lowest BCUT2D eigenvalue weighted by atomic mass is 10.0. The maximum atomic E-state index is 11.5. The van der Waals surface area contributed by atoms with Crippen LogP contribution in [0.5, 0.6) is 5.75 Å². The average molecular weight is 315 g/mol. The first kappa shape index (κ1) is 15.6. The lowest BCUT2D eigenvalue weighted by Gasteiger charge is -2.33. The third-order valence-corrected chi connectivity index (χ3v) is 4.30. The van der Waals surface area contributed by atoms with Gasteiger partial charge in [-0.05, 0) is 31.5 Å². The van der Waals surface area contributed by atoms with Crippen LogP contribution in [0, 0.1) is 0 Å². The molecule has 0 saturated carbocycles. The maximum Gasteiger partial charge on any atom is 0.320 e. The highest BCUT2D eigenvalue weighted by Crippen LogP contribution is 2.30. The topological polar surface area (TPSA) is 67.6 Å². The van der Waals surface area contributed by atoms with Crippen LogP contribution in [0.15, 0.2) is 36.7 Å². The van der Waals surface area contributed by atoms with Gasteiger partial charge in [0.15, 0.2) is 0 Å². The number of rotatable bonds is 5. The molecule has 1 aliphatic heterocycles. The zero-order chi connectivity index (χ0) is 16.2. The highest BCUT2D eigenvalue weighted by molar-refractivity contribution is 5.73. The number of hydrogen-bond acceptors (Lipinski definition) is 4. The fourth-order valence-electron chi connectivity index (χ4n) is 3.20. The van der Waals surface area contributed by atoms with Crippen LogP contribution in [0.1, 0.15) is 24.8 Å². The number of likely N-dealkylation sites (tertiary alicyclic amines) is 1. The molecule has 2 heterocycles. The number of methoxy groups -OCH3 is 1. The highest BCUT2D eigenvalue weighted by Gasteiger charge is 2.29. The van der Waals surface area contributed by atoms with Crippen molar-refractivity contribution in [1.82, 2.24) is 14.7 Å². The summed E-state index contributed by atoms with van der Waals surface area (Å²) in [6.07, 6.45) is 6.29. The predicted octanol–water partition coefficient (Wildman–Crippen LogP) is 2.32. The number of carbonyl (C=O) groups is 1. The molecule has 1 aromatic carbocycles. The number of hydrogen-bond donors (Lipinski definition) is 1. The Labute approximate surface area is 135 Å². The molecule has 3 rings (SSSR count). The summed E-state index contributed by atoms with van der Waals surface area (Å²) in [6.45, 7) is 1.36. The van der Waals surface area contributed by atoms with Gasteiger partial charge in [0.1, 0.15) is 17.5 Å². The third kappa shape index (κ3) is 3.22. The van der Waals surface area contributed by atoms with Crippen molar-refractivity contribution >= 4 is 5.97 Å². The number of benzene rings is 1. The minimum Gasteiger partial charge on any atom is -0.494 e. The van der Waals surface area contributed by atoms with E-state index in [0.29, 0.717) is 13.0 Å². The van der Waals surface area contributed by atoms with E-state index in [9.17, 15) is 9.90 Å². The van der Waals surface area contributed by atoms with E-state index >= 15 is 0 Å². The molecule has 0 amide bonds. The first-order valence-electron chi connectivity index (χ1n) is 7.83. The fraction of sp³-hybridized carbons (Fsp3) is 0.412. The minimum absolute atomic E-state index is 0.415. The largest absolute Gasteiger partial charge is 0.494 e. The van der Waals surface area contributed by atoms with E-state index in [-0.39, 0.29) is 0 Å². The van der Waals surface area contributed by atoms with Gasteiger partial charge in [-0.2, -0.15) is 5.10 Å². The van der Waals surface area contributed by atoms with Crippen molar-refractivity contribution in [2.24, 2.45) is 0 Å². The zero-order valence-electron chi connectivity index (χ0n) is 13.2. The molecule has 122 valence electrons. The van der Waals surface area contributed by atoms with Gasteiger partial charge in [0.2, 0.25) is 0 Å². The number of piperidine rings is 1. The molecule has 1 aromatic heterocycles. The van der Waals surface area contributed by atoms with Gasteiger partial charge in [-0.1, -0.05) is 18.6 Å². The quantitative estimate of drug-likeness (QED) is 0.917. The van der Waals surface area contributed by atoms with Crippen molar-refractivity contribution in [3.63, 3.8) is 0 Å². The molecule has 1 atom stereocenters. The van der Waals surface area contributed by atoms with Crippen LogP contribution < -0.4 is 4.74 Å². The van der Waals surface area contributed by atoms with Crippen molar-refractivity contribution in [2.75, 3.05) is 13.7 Å². The van der Waals surface area contributed by atoms with E-state index in [4.69, 9.17) is 4.74 Å². The van der Waals surface area contributed by atoms with Gasteiger partial charge in [-0.25, -0.2) is 4.68 Å². The Morgan fingerprint density at radius 2 is 2.26 bits per heavy atom. The smallest absolute Gasteiger partial charge is 0.320 e. The van der Waals surface area contributed by atoms with Crippen molar-refractivity contribution in [3.05, 3.63) is 42.2 Å². The van der Waals surface area contributed by atoms with Crippen LogP contribution in [0.25, 0.3) is 5.69 Å². The van der Waals surface area contributed by atoms with E-state index in [2.05, 4.69) is 5.10 Å². The van der Waals surface area contributed by atoms with Crippen molar-refractivity contribution < 1.29 is 14.6 Å². The summed E-state index contributed by atoms with van der Waals surface area (Å²) in [4.78, 5) is 13.5. The summed E-state index contributed by atoms with van der Waals surface area (Å²) >= 11 is 0. The SMILES string of the molecule is COc1c(CN2CCCC[C@@H]2C(=O)O)cccc1-n1cccn1. The Morgan fingerprint density at radius 3 is 2.96 bits per heavy atom. The van der Waals surface area contributed by atoms with Crippen LogP contribution >= 0.6 is 0 Å². The maximum absolute atomic E-state index is 11.5. The molecule has 1 N–H and O–H groups in total. The van der Waals surface area contributed by atoms with Crippen LogP contribution in [-0.2, 0) is 11.3 Å². The number of carboxylic acid groups (broad SMARTS) is 1. The molecule has 0 bridgehead atoms. The molecule has 1 fully saturated rings. The molecule has 0 spiro atoms. The molecule has 6 heteroatoms. The highest BCUT2D eigenvalue weighted by atomic mass is 16.5. The molecule has 0 unspecified atom stereocenters. The third-order valence-electron chi connectivity index (χ3n) is 4.30. The number of aliphatic carboxylic acids is 1. The molecular formula is C17H21N3O3. The van der Waals surface area contributed by atoms with Crippen LogP contribution in [-0.4, -0.2) is 45.5 Å².